The highest BCUT2D eigenvalue weighted by Gasteiger charge is 2.33. The van der Waals surface area contributed by atoms with Crippen molar-refractivity contribution in [1.82, 2.24) is 26.6 Å². The van der Waals surface area contributed by atoms with E-state index in [1.807, 2.05) is 0 Å². The van der Waals surface area contributed by atoms with Crippen LogP contribution in [0, 0.1) is 17.8 Å². The van der Waals surface area contributed by atoms with Gasteiger partial charge < -0.3 is 52.1 Å². The zero-order valence-electron chi connectivity index (χ0n) is 32.1. The Labute approximate surface area is 328 Å². The first kappa shape index (κ1) is 49.4. The third-order valence-electron chi connectivity index (χ3n) is 9.33. The second-order valence-corrected chi connectivity index (χ2v) is 14.3. The number of Topliss-reactive ketones (excluding diaryl/α,β-unsaturated/α-hetero) is 1. The maximum absolute atomic E-state index is 13.3. The fourth-order valence-corrected chi connectivity index (χ4v) is 6.04. The molecule has 57 heavy (non-hydrogen) atoms. The maximum Gasteiger partial charge on any atom is 0.326 e. The van der Waals surface area contributed by atoms with Crippen molar-refractivity contribution in [1.29, 1.82) is 0 Å². The van der Waals surface area contributed by atoms with Gasteiger partial charge in [-0.3, -0.25) is 47.9 Å². The summed E-state index contributed by atoms with van der Waals surface area (Å²) in [5.74, 6) is -11.8. The van der Waals surface area contributed by atoms with Crippen molar-refractivity contribution in [2.24, 2.45) is 17.8 Å². The lowest BCUT2D eigenvalue weighted by molar-refractivity contribution is -0.143. The summed E-state index contributed by atoms with van der Waals surface area (Å²) in [4.78, 5) is 134. The summed E-state index contributed by atoms with van der Waals surface area (Å²) in [6.45, 7) is 3.39. The summed E-state index contributed by atoms with van der Waals surface area (Å²) in [5, 5.41) is 58.1. The van der Waals surface area contributed by atoms with Crippen molar-refractivity contribution >= 4 is 65.2 Å². The quantitative estimate of drug-likeness (QED) is 0.0488. The molecular formula is C36H55N5O16. The van der Waals surface area contributed by atoms with Crippen molar-refractivity contribution in [3.8, 4) is 0 Å². The first-order chi connectivity index (χ1) is 26.7. The zero-order chi connectivity index (χ0) is 43.2. The van der Waals surface area contributed by atoms with Gasteiger partial charge in [-0.2, -0.15) is 0 Å². The summed E-state index contributed by atoms with van der Waals surface area (Å²) < 4.78 is 0. The van der Waals surface area contributed by atoms with Crippen molar-refractivity contribution in [2.45, 2.75) is 134 Å². The van der Waals surface area contributed by atoms with Gasteiger partial charge in [-0.05, 0) is 63.7 Å². The molecule has 1 unspecified atom stereocenters. The molecule has 1 saturated carbocycles. The number of carbonyl (C=O) groups excluding carboxylic acids is 6. The Kier molecular flexibility index (Phi) is 22.1. The maximum atomic E-state index is 13.3. The number of aliphatic carboxylic acids is 5. The summed E-state index contributed by atoms with van der Waals surface area (Å²) in [5.41, 5.74) is 0. The number of hydrogen-bond acceptors (Lipinski definition) is 11. The molecule has 5 amide bonds. The number of nitrogens with one attached hydrogen (secondary N) is 5. The standard InChI is InChI=1S/C36H55N5O16/c1-19(2)32(52)22(11-15-29(46)47)39-35(55)24(13-17-31(50)51)40-34(54)23(12-16-30(48)49)38-27(43)14-10-25(36(56)57)41-33(53)21-8-6-20(7-9-21)18-37-26(42)4-3-5-28(44)45/h19-25H,3-18H2,1-2H3,(H,37,42)(H,38,43)(H,39,55)(H,40,54)(H,41,53)(H,44,45)(H,46,47)(H,48,49)(H,50,51)(H,56,57)/t20-,21-,22-,23-,24-,25?/m0/s1. The molecule has 0 saturated heterocycles. The Morgan fingerprint density at radius 3 is 1.44 bits per heavy atom. The first-order valence-electron chi connectivity index (χ1n) is 18.8. The number of carboxylic acid groups (broad SMARTS) is 5. The van der Waals surface area contributed by atoms with Gasteiger partial charge in [0.15, 0.2) is 5.78 Å². The second-order valence-electron chi connectivity index (χ2n) is 14.3. The molecule has 0 aromatic rings. The van der Waals surface area contributed by atoms with E-state index in [0.717, 1.165) is 0 Å². The highest BCUT2D eigenvalue weighted by atomic mass is 16.4. The largest absolute Gasteiger partial charge is 0.481 e. The van der Waals surface area contributed by atoms with Crippen LogP contribution in [0.15, 0.2) is 0 Å². The van der Waals surface area contributed by atoms with Crippen molar-refractivity contribution in [3.63, 3.8) is 0 Å². The fraction of sp³-hybridized carbons (Fsp3) is 0.694. The Bertz CT molecular complexity index is 1480. The van der Waals surface area contributed by atoms with Gasteiger partial charge in [0.25, 0.3) is 0 Å². The number of carboxylic acids is 5. The molecule has 0 aliphatic heterocycles. The molecule has 4 atom stereocenters. The monoisotopic (exact) mass is 813 g/mol. The predicted molar refractivity (Wildman–Crippen MR) is 195 cm³/mol. The first-order valence-corrected chi connectivity index (χ1v) is 18.8. The van der Waals surface area contributed by atoms with Gasteiger partial charge in [0, 0.05) is 56.9 Å². The lowest BCUT2D eigenvalue weighted by Gasteiger charge is -2.29. The third kappa shape index (κ3) is 20.7. The Morgan fingerprint density at radius 2 is 0.965 bits per heavy atom. The summed E-state index contributed by atoms with van der Waals surface area (Å²) in [7, 11) is 0. The van der Waals surface area contributed by atoms with Gasteiger partial charge in [-0.1, -0.05) is 13.8 Å². The molecule has 1 aliphatic rings. The SMILES string of the molecule is CC(C)C(=O)[C@H](CCC(=O)O)NC(=O)[C@H](CCC(=O)O)NC(=O)[C@H](CCC(=O)O)NC(=O)CCC(NC(=O)[C@H]1CC[C@H](CNC(=O)CCCC(=O)O)CC1)C(=O)O. The number of hydrogen-bond donors (Lipinski definition) is 10. The van der Waals surface area contributed by atoms with E-state index in [4.69, 9.17) is 10.2 Å². The van der Waals surface area contributed by atoms with Crippen molar-refractivity contribution in [2.75, 3.05) is 6.54 Å². The van der Waals surface area contributed by atoms with E-state index < -0.39 is 140 Å². The number of rotatable bonds is 28. The summed E-state index contributed by atoms with van der Waals surface area (Å²) in [6.07, 6.45) is -1.93. The lowest BCUT2D eigenvalue weighted by Crippen LogP contribution is -2.56. The molecule has 0 bridgehead atoms. The van der Waals surface area contributed by atoms with Crippen molar-refractivity contribution < 1.29 is 78.3 Å². The third-order valence-corrected chi connectivity index (χ3v) is 9.33. The minimum atomic E-state index is -1.61. The summed E-state index contributed by atoms with van der Waals surface area (Å²) >= 11 is 0. The van der Waals surface area contributed by atoms with Gasteiger partial charge in [0.05, 0.1) is 6.04 Å². The Hall–Kier alpha value is -5.63. The van der Waals surface area contributed by atoms with E-state index in [-0.39, 0.29) is 37.5 Å². The van der Waals surface area contributed by atoms with E-state index in [9.17, 15) is 68.1 Å². The average Bonchev–Trinajstić information content (AvgIpc) is 3.13. The average molecular weight is 814 g/mol. The molecule has 1 rings (SSSR count). The van der Waals surface area contributed by atoms with E-state index in [1.54, 1.807) is 0 Å². The molecule has 0 radical (unpaired) electrons. The van der Waals surface area contributed by atoms with Crippen molar-refractivity contribution in [3.05, 3.63) is 0 Å². The van der Waals surface area contributed by atoms with Gasteiger partial charge in [0.2, 0.25) is 29.5 Å². The van der Waals surface area contributed by atoms with Crippen LogP contribution in [0.1, 0.15) is 110 Å². The molecule has 1 fully saturated rings. The van der Waals surface area contributed by atoms with Crippen LogP contribution in [0.25, 0.3) is 0 Å². The number of carbonyl (C=O) groups is 11. The highest BCUT2D eigenvalue weighted by Crippen LogP contribution is 2.29. The summed E-state index contributed by atoms with van der Waals surface area (Å²) in [6, 6.07) is -6.01. The van der Waals surface area contributed by atoms with Gasteiger partial charge >= 0.3 is 29.8 Å². The van der Waals surface area contributed by atoms with Gasteiger partial charge in [-0.15, -0.1) is 0 Å². The van der Waals surface area contributed by atoms with Crippen LogP contribution in [-0.2, 0) is 52.7 Å². The zero-order valence-corrected chi connectivity index (χ0v) is 32.1. The highest BCUT2D eigenvalue weighted by molar-refractivity contribution is 5.95. The van der Waals surface area contributed by atoms with Crippen LogP contribution in [0.3, 0.4) is 0 Å². The smallest absolute Gasteiger partial charge is 0.326 e. The molecule has 0 aromatic heterocycles. The molecular weight excluding hydrogens is 758 g/mol. The molecule has 0 aromatic carbocycles. The van der Waals surface area contributed by atoms with E-state index in [1.165, 1.54) is 13.8 Å². The Balaban J connectivity index is 2.89. The van der Waals surface area contributed by atoms with E-state index >= 15 is 0 Å². The normalized spacial score (nSPS) is 17.1. The topological polar surface area (TPSA) is 349 Å². The number of ketones is 1. The molecule has 0 heterocycles. The van der Waals surface area contributed by atoms with Crippen LogP contribution in [0.4, 0.5) is 0 Å². The van der Waals surface area contributed by atoms with Crippen LogP contribution < -0.4 is 26.6 Å². The molecule has 10 N–H and O–H groups in total. The van der Waals surface area contributed by atoms with Crippen LogP contribution >= 0.6 is 0 Å². The van der Waals surface area contributed by atoms with Crippen LogP contribution in [0.2, 0.25) is 0 Å². The lowest BCUT2D eigenvalue weighted by atomic mass is 9.81. The van der Waals surface area contributed by atoms with Gasteiger partial charge in [-0.25, -0.2) is 4.79 Å². The Morgan fingerprint density at radius 1 is 0.509 bits per heavy atom. The molecule has 21 nitrogen and oxygen atoms in total. The molecule has 1 aliphatic carbocycles. The second kappa shape index (κ2) is 25.5. The minimum Gasteiger partial charge on any atom is -0.481 e. The van der Waals surface area contributed by atoms with Crippen LogP contribution in [0.5, 0.6) is 0 Å². The minimum absolute atomic E-state index is 0.0688. The number of amides is 5. The molecule has 0 spiro atoms. The predicted octanol–water partition coefficient (Wildman–Crippen LogP) is -0.213. The van der Waals surface area contributed by atoms with E-state index in [2.05, 4.69) is 26.6 Å². The fourth-order valence-electron chi connectivity index (χ4n) is 6.04. The molecule has 320 valence electrons. The van der Waals surface area contributed by atoms with E-state index in [0.29, 0.717) is 32.2 Å². The molecule has 21 heteroatoms. The van der Waals surface area contributed by atoms with Gasteiger partial charge in [0.1, 0.15) is 18.1 Å². The van der Waals surface area contributed by atoms with Crippen LogP contribution in [-0.4, -0.2) is 121 Å².